The normalized spacial score (nSPS) is 8.62. The molecule has 0 aromatic rings. The Morgan fingerprint density at radius 2 is 2.25 bits per heavy atom. The van der Waals surface area contributed by atoms with Gasteiger partial charge in [0.15, 0.2) is 0 Å². The Morgan fingerprint density at radius 3 is 2.62 bits per heavy atom. The second kappa shape index (κ2) is 4.63. The van der Waals surface area contributed by atoms with E-state index in [1.54, 1.807) is 0 Å². The summed E-state index contributed by atoms with van der Waals surface area (Å²) in [6.07, 6.45) is 5.42. The van der Waals surface area contributed by atoms with E-state index in [-0.39, 0.29) is 0 Å². The molecule has 0 atom stereocenters. The molecule has 0 aromatic carbocycles. The molecular formula is C8H14. The van der Waals surface area contributed by atoms with Gasteiger partial charge in [0.05, 0.1) is 0 Å². The highest BCUT2D eigenvalue weighted by Crippen LogP contribution is 2.02. The number of hydrogen-bond donors (Lipinski definition) is 0. The third-order valence-electron chi connectivity index (χ3n) is 1.01. The van der Waals surface area contributed by atoms with Gasteiger partial charge < -0.3 is 0 Å². The van der Waals surface area contributed by atoms with Gasteiger partial charge in [-0.15, -0.1) is 13.2 Å². The van der Waals surface area contributed by atoms with Crippen molar-refractivity contribution in [1.29, 1.82) is 0 Å². The summed E-state index contributed by atoms with van der Waals surface area (Å²) in [5.74, 6) is 0. The maximum atomic E-state index is 3.79. The zero-order valence-corrected chi connectivity index (χ0v) is 5.61. The summed E-state index contributed by atoms with van der Waals surface area (Å²) in [6.45, 7) is 9.48. The molecule has 0 nitrogen and oxygen atoms in total. The number of allylic oxidation sites excluding steroid dienone is 2. The van der Waals surface area contributed by atoms with Gasteiger partial charge >= 0.3 is 0 Å². The molecule has 0 aliphatic rings. The molecule has 0 radical (unpaired) electrons. The highest BCUT2D eigenvalue weighted by molar-refractivity contribution is 4.88. The Kier molecular flexibility index (Phi) is 4.33. The van der Waals surface area contributed by atoms with E-state index in [0.717, 1.165) is 12.8 Å². The van der Waals surface area contributed by atoms with E-state index >= 15 is 0 Å². The van der Waals surface area contributed by atoms with Crippen LogP contribution in [0.15, 0.2) is 24.8 Å². The van der Waals surface area contributed by atoms with E-state index in [0.29, 0.717) is 0 Å². The van der Waals surface area contributed by atoms with Crippen LogP contribution in [0.5, 0.6) is 0 Å². The Bertz CT molecular complexity index is 80.0. The van der Waals surface area contributed by atoms with Crippen molar-refractivity contribution in [3.63, 3.8) is 0 Å². The minimum atomic E-state index is 1.12. The van der Waals surface area contributed by atoms with E-state index in [1.807, 2.05) is 6.08 Å². The molecule has 0 bridgehead atoms. The van der Waals surface area contributed by atoms with Crippen molar-refractivity contribution < 1.29 is 0 Å². The second-order valence-electron chi connectivity index (χ2n) is 2.14. The fourth-order valence-electron chi connectivity index (χ4n) is 0.548. The van der Waals surface area contributed by atoms with Crippen molar-refractivity contribution in [3.05, 3.63) is 24.8 Å². The number of hydrogen-bond acceptors (Lipinski definition) is 0. The number of unbranched alkanes of at least 4 members (excludes halogenated alkanes) is 1. The van der Waals surface area contributed by atoms with Crippen LogP contribution in [0.4, 0.5) is 0 Å². The predicted octanol–water partition coefficient (Wildman–Crippen LogP) is 2.92. The van der Waals surface area contributed by atoms with E-state index in [4.69, 9.17) is 0 Å². The van der Waals surface area contributed by atoms with E-state index in [1.165, 1.54) is 12.0 Å². The molecule has 8 heavy (non-hydrogen) atoms. The summed E-state index contributed by atoms with van der Waals surface area (Å²) in [7, 11) is 0. The van der Waals surface area contributed by atoms with E-state index < -0.39 is 0 Å². The smallest absolute Gasteiger partial charge is 0.0323 e. The van der Waals surface area contributed by atoms with Crippen LogP contribution in [-0.2, 0) is 0 Å². The first-order chi connectivity index (χ1) is 3.77. The molecule has 0 aliphatic carbocycles. The van der Waals surface area contributed by atoms with Crippen LogP contribution in [0.2, 0.25) is 0 Å². The summed E-state index contributed by atoms with van der Waals surface area (Å²) >= 11 is 0. The van der Waals surface area contributed by atoms with Crippen molar-refractivity contribution in [1.82, 2.24) is 0 Å². The molecule has 0 aliphatic heterocycles. The maximum Gasteiger partial charge on any atom is -0.0323 e. The van der Waals surface area contributed by atoms with Gasteiger partial charge in [0.1, 0.15) is 0 Å². The van der Waals surface area contributed by atoms with Crippen LogP contribution >= 0.6 is 0 Å². The van der Waals surface area contributed by atoms with Crippen LogP contribution in [0.25, 0.3) is 0 Å². The van der Waals surface area contributed by atoms with Gasteiger partial charge in [-0.05, 0) is 26.2 Å². The third-order valence-corrected chi connectivity index (χ3v) is 1.01. The molecule has 0 heteroatoms. The average molecular weight is 110 g/mol. The van der Waals surface area contributed by atoms with Crippen LogP contribution in [0.1, 0.15) is 26.2 Å². The highest BCUT2D eigenvalue weighted by atomic mass is 13.9. The average Bonchev–Trinajstić information content (AvgIpc) is 1.66. The van der Waals surface area contributed by atoms with Crippen LogP contribution in [-0.4, -0.2) is 0 Å². The van der Waals surface area contributed by atoms with Crippen molar-refractivity contribution in [2.75, 3.05) is 0 Å². The van der Waals surface area contributed by atoms with Gasteiger partial charge in [-0.3, -0.25) is 0 Å². The third kappa shape index (κ3) is 5.48. The van der Waals surface area contributed by atoms with Crippen molar-refractivity contribution in [2.24, 2.45) is 0 Å². The summed E-state index contributed by atoms with van der Waals surface area (Å²) in [4.78, 5) is 0. The molecule has 0 unspecified atom stereocenters. The monoisotopic (exact) mass is 110 g/mol. The topological polar surface area (TPSA) is 0 Å². The summed E-state index contributed by atoms with van der Waals surface area (Å²) in [5.41, 5.74) is 1.27. The molecule has 0 spiro atoms. The summed E-state index contributed by atoms with van der Waals surface area (Å²) < 4.78 is 0. The Morgan fingerprint density at radius 1 is 1.62 bits per heavy atom. The molecule has 0 rings (SSSR count). The highest BCUT2D eigenvalue weighted by Gasteiger charge is 1.82. The van der Waals surface area contributed by atoms with Gasteiger partial charge in [0.25, 0.3) is 0 Å². The first-order valence-electron chi connectivity index (χ1n) is 3.02. The summed E-state index contributed by atoms with van der Waals surface area (Å²) in [6, 6.07) is 0. The standard InChI is InChI=1S/C8H14/c1-4-5-6-7-8(2)3/h4H,1-2,5-7H2,3H3. The SMILES string of the molecule is C=CCCCC(=C)C. The van der Waals surface area contributed by atoms with Crippen molar-refractivity contribution in [3.8, 4) is 0 Å². The van der Waals surface area contributed by atoms with Gasteiger partial charge in [-0.25, -0.2) is 0 Å². The molecule has 0 heterocycles. The molecule has 0 N–H and O–H groups in total. The van der Waals surface area contributed by atoms with Gasteiger partial charge in [0, 0.05) is 0 Å². The minimum absolute atomic E-state index is 1.12. The van der Waals surface area contributed by atoms with Crippen LogP contribution in [0.3, 0.4) is 0 Å². The minimum Gasteiger partial charge on any atom is -0.103 e. The second-order valence-corrected chi connectivity index (χ2v) is 2.14. The van der Waals surface area contributed by atoms with E-state index in [9.17, 15) is 0 Å². The van der Waals surface area contributed by atoms with Crippen LogP contribution in [0, 0.1) is 0 Å². The zero-order valence-electron chi connectivity index (χ0n) is 5.61. The van der Waals surface area contributed by atoms with Gasteiger partial charge in [-0.2, -0.15) is 0 Å². The molecule has 0 saturated carbocycles. The Hall–Kier alpha value is -0.520. The van der Waals surface area contributed by atoms with Crippen molar-refractivity contribution in [2.45, 2.75) is 26.2 Å². The Labute approximate surface area is 51.9 Å². The van der Waals surface area contributed by atoms with Crippen molar-refractivity contribution >= 4 is 0 Å². The molecule has 0 amide bonds. The summed E-state index contributed by atoms with van der Waals surface area (Å²) in [5, 5.41) is 0. The first kappa shape index (κ1) is 7.48. The van der Waals surface area contributed by atoms with Crippen LogP contribution < -0.4 is 0 Å². The van der Waals surface area contributed by atoms with Gasteiger partial charge in [-0.1, -0.05) is 11.6 Å². The zero-order chi connectivity index (χ0) is 6.41. The lowest BCUT2D eigenvalue weighted by Gasteiger charge is -1.92. The lowest BCUT2D eigenvalue weighted by Crippen LogP contribution is -1.72. The van der Waals surface area contributed by atoms with E-state index in [2.05, 4.69) is 20.1 Å². The fraction of sp³-hybridized carbons (Fsp3) is 0.500. The van der Waals surface area contributed by atoms with Gasteiger partial charge in [0.2, 0.25) is 0 Å². The first-order valence-corrected chi connectivity index (χ1v) is 3.02. The fourth-order valence-corrected chi connectivity index (χ4v) is 0.548. The molecule has 0 saturated heterocycles. The lowest BCUT2D eigenvalue weighted by atomic mass is 10.1. The molecule has 0 aromatic heterocycles. The quantitative estimate of drug-likeness (QED) is 0.385. The molecule has 46 valence electrons. The maximum absolute atomic E-state index is 3.79. The number of rotatable bonds is 4. The molecule has 0 fully saturated rings. The predicted molar refractivity (Wildman–Crippen MR) is 38.9 cm³/mol. The largest absolute Gasteiger partial charge is 0.103 e. The Balaban J connectivity index is 2.93. The lowest BCUT2D eigenvalue weighted by molar-refractivity contribution is 0.836. The molecular weight excluding hydrogens is 96.1 g/mol.